The molecule has 0 saturated heterocycles. The van der Waals surface area contributed by atoms with Crippen molar-refractivity contribution in [3.63, 3.8) is 0 Å². The molecule has 0 aliphatic heterocycles. The molecule has 0 fully saturated rings. The van der Waals surface area contributed by atoms with Crippen LogP contribution in [0.3, 0.4) is 0 Å². The monoisotopic (exact) mass is 423 g/mol. The number of hydrogen-bond acceptors (Lipinski definition) is 6. The first kappa shape index (κ1) is 22.2. The van der Waals surface area contributed by atoms with E-state index in [1.165, 1.54) is 30.3 Å². The van der Waals surface area contributed by atoms with Gasteiger partial charge in [0.1, 0.15) is 12.1 Å². The molecule has 0 aliphatic carbocycles. The summed E-state index contributed by atoms with van der Waals surface area (Å²) < 4.78 is 37.5. The van der Waals surface area contributed by atoms with Gasteiger partial charge in [-0.05, 0) is 36.8 Å². The van der Waals surface area contributed by atoms with Gasteiger partial charge in [-0.25, -0.2) is 22.6 Å². The first-order valence-electron chi connectivity index (χ1n) is 8.67. The van der Waals surface area contributed by atoms with Crippen molar-refractivity contribution in [3.05, 3.63) is 53.8 Å². The second-order valence-electron chi connectivity index (χ2n) is 6.45. The normalized spacial score (nSPS) is 12.1. The predicted octanol–water partition coefficient (Wildman–Crippen LogP) is 3.13. The van der Waals surface area contributed by atoms with Gasteiger partial charge in [0.2, 0.25) is 0 Å². The fourth-order valence-corrected chi connectivity index (χ4v) is 3.51. The molecule has 8 nitrogen and oxygen atoms in total. The lowest BCUT2D eigenvalue weighted by molar-refractivity contribution is -0.108. The summed E-state index contributed by atoms with van der Waals surface area (Å²) in [6, 6.07) is 9.38. The van der Waals surface area contributed by atoms with E-state index in [0.29, 0.717) is 11.8 Å². The summed E-state index contributed by atoms with van der Waals surface area (Å²) >= 11 is 0. The van der Waals surface area contributed by atoms with Gasteiger partial charge >= 0.3 is 6.09 Å². The van der Waals surface area contributed by atoms with E-state index in [9.17, 15) is 27.5 Å². The van der Waals surface area contributed by atoms with E-state index < -0.39 is 27.8 Å². The molecule has 1 atom stereocenters. The second kappa shape index (κ2) is 9.37. The van der Waals surface area contributed by atoms with Crippen LogP contribution in [-0.4, -0.2) is 43.2 Å². The van der Waals surface area contributed by atoms with E-state index in [1.807, 2.05) is 0 Å². The third kappa shape index (κ3) is 5.92. The second-order valence-corrected chi connectivity index (χ2v) is 8.43. The van der Waals surface area contributed by atoms with Gasteiger partial charge in [-0.3, -0.25) is 5.43 Å². The summed E-state index contributed by atoms with van der Waals surface area (Å²) in [5, 5.41) is 13.3. The molecule has 156 valence electrons. The van der Waals surface area contributed by atoms with Crippen LogP contribution in [0.5, 0.6) is 0 Å². The lowest BCUT2D eigenvalue weighted by Gasteiger charge is -2.28. The van der Waals surface area contributed by atoms with Gasteiger partial charge in [0.25, 0.3) is 0 Å². The van der Waals surface area contributed by atoms with E-state index in [-0.39, 0.29) is 29.2 Å². The lowest BCUT2D eigenvalue weighted by Crippen LogP contribution is -2.42. The summed E-state index contributed by atoms with van der Waals surface area (Å²) in [6.07, 6.45) is 0.277. The highest BCUT2D eigenvalue weighted by molar-refractivity contribution is 7.90. The van der Waals surface area contributed by atoms with Crippen LogP contribution in [0.25, 0.3) is 0 Å². The van der Waals surface area contributed by atoms with E-state index in [4.69, 9.17) is 0 Å². The number of carboxylic acid groups (broad SMARTS) is 1. The summed E-state index contributed by atoms with van der Waals surface area (Å²) in [4.78, 5) is 22.3. The SMILES string of the molecule is CC(CC=O)N(Nc1cccc(S(C)(=O)=O)c1NCc1ccc(F)cc1)C(=O)O. The van der Waals surface area contributed by atoms with Crippen molar-refractivity contribution in [2.75, 3.05) is 17.0 Å². The molecular weight excluding hydrogens is 401 g/mol. The number of aldehydes is 1. The molecule has 2 aromatic carbocycles. The highest BCUT2D eigenvalue weighted by Gasteiger charge is 2.23. The summed E-state index contributed by atoms with van der Waals surface area (Å²) in [5.74, 6) is -0.395. The number of amides is 1. The van der Waals surface area contributed by atoms with Crippen LogP contribution in [0.4, 0.5) is 20.6 Å². The van der Waals surface area contributed by atoms with Crippen molar-refractivity contribution in [2.45, 2.75) is 30.8 Å². The standard InChI is InChI=1S/C19H22FN3O5S/c1-13(10-11-24)23(19(25)26)22-16-4-3-5-17(29(2,27)28)18(16)21-12-14-6-8-15(20)9-7-14/h3-9,11,13,21-22H,10,12H2,1-2H3,(H,25,26). The van der Waals surface area contributed by atoms with Gasteiger partial charge in [0.05, 0.1) is 22.3 Å². The largest absolute Gasteiger partial charge is 0.464 e. The zero-order chi connectivity index (χ0) is 21.6. The van der Waals surface area contributed by atoms with Crippen LogP contribution in [-0.2, 0) is 21.2 Å². The fraction of sp³-hybridized carbons (Fsp3) is 0.263. The molecule has 2 aromatic rings. The Hall–Kier alpha value is -3.14. The molecule has 3 N–H and O–H groups in total. The Balaban J connectivity index is 2.41. The molecule has 0 heterocycles. The number of hydrazine groups is 1. The third-order valence-corrected chi connectivity index (χ3v) is 5.27. The zero-order valence-electron chi connectivity index (χ0n) is 15.9. The van der Waals surface area contributed by atoms with Crippen LogP contribution in [0, 0.1) is 5.82 Å². The first-order valence-corrected chi connectivity index (χ1v) is 10.6. The maximum atomic E-state index is 13.1. The number of anilines is 2. The average Bonchev–Trinajstić information content (AvgIpc) is 2.65. The van der Waals surface area contributed by atoms with Crippen molar-refractivity contribution in [1.82, 2.24) is 5.01 Å². The molecule has 0 bridgehead atoms. The van der Waals surface area contributed by atoms with Crippen LogP contribution in [0.15, 0.2) is 47.4 Å². The van der Waals surface area contributed by atoms with Crippen LogP contribution >= 0.6 is 0 Å². The number of para-hydroxylation sites is 1. The number of benzene rings is 2. The number of sulfone groups is 1. The molecule has 29 heavy (non-hydrogen) atoms. The number of carbonyl (C=O) groups excluding carboxylic acids is 1. The minimum atomic E-state index is -3.64. The number of rotatable bonds is 9. The van der Waals surface area contributed by atoms with Crippen LogP contribution in [0.1, 0.15) is 18.9 Å². The Morgan fingerprint density at radius 1 is 1.24 bits per heavy atom. The van der Waals surface area contributed by atoms with Crippen LogP contribution in [0.2, 0.25) is 0 Å². The Kier molecular flexibility index (Phi) is 7.16. The van der Waals surface area contributed by atoms with Gasteiger partial charge < -0.3 is 15.2 Å². The van der Waals surface area contributed by atoms with Gasteiger partial charge in [-0.15, -0.1) is 0 Å². The molecule has 0 aliphatic rings. The molecule has 10 heteroatoms. The summed E-state index contributed by atoms with van der Waals surface area (Å²) in [6.45, 7) is 1.72. The van der Waals surface area contributed by atoms with E-state index in [0.717, 1.165) is 11.3 Å². The highest BCUT2D eigenvalue weighted by atomic mass is 32.2. The van der Waals surface area contributed by atoms with Crippen molar-refractivity contribution < 1.29 is 27.5 Å². The van der Waals surface area contributed by atoms with Crippen molar-refractivity contribution >= 4 is 33.6 Å². The molecule has 0 aromatic heterocycles. The minimum absolute atomic E-state index is 0.0296. The average molecular weight is 423 g/mol. The number of carbonyl (C=O) groups is 2. The molecule has 1 unspecified atom stereocenters. The Morgan fingerprint density at radius 3 is 2.45 bits per heavy atom. The van der Waals surface area contributed by atoms with Gasteiger partial charge in [-0.2, -0.15) is 0 Å². The molecule has 1 amide bonds. The quantitative estimate of drug-likeness (QED) is 0.419. The predicted molar refractivity (Wildman–Crippen MR) is 107 cm³/mol. The highest BCUT2D eigenvalue weighted by Crippen LogP contribution is 2.31. The van der Waals surface area contributed by atoms with Gasteiger partial charge in [-0.1, -0.05) is 18.2 Å². The topological polar surface area (TPSA) is 116 Å². The van der Waals surface area contributed by atoms with Crippen molar-refractivity contribution in [2.24, 2.45) is 0 Å². The van der Waals surface area contributed by atoms with Crippen molar-refractivity contribution in [3.8, 4) is 0 Å². The maximum Gasteiger partial charge on any atom is 0.426 e. The first-order chi connectivity index (χ1) is 13.6. The molecule has 0 spiro atoms. The number of halogens is 1. The smallest absolute Gasteiger partial charge is 0.426 e. The number of nitrogens with one attached hydrogen (secondary N) is 2. The number of hydrogen-bond donors (Lipinski definition) is 3. The van der Waals surface area contributed by atoms with Gasteiger partial charge in [0, 0.05) is 19.2 Å². The Morgan fingerprint density at radius 2 is 1.90 bits per heavy atom. The summed E-state index contributed by atoms with van der Waals surface area (Å²) in [5.41, 5.74) is 3.75. The zero-order valence-corrected chi connectivity index (χ0v) is 16.7. The van der Waals surface area contributed by atoms with Gasteiger partial charge in [0.15, 0.2) is 9.84 Å². The van der Waals surface area contributed by atoms with E-state index in [2.05, 4.69) is 10.7 Å². The third-order valence-electron chi connectivity index (χ3n) is 4.13. The number of nitrogens with zero attached hydrogens (tertiary/aromatic N) is 1. The lowest BCUT2D eigenvalue weighted by atomic mass is 10.2. The Labute approximate surface area is 168 Å². The summed E-state index contributed by atoms with van der Waals surface area (Å²) in [7, 11) is -3.64. The molecule has 0 saturated carbocycles. The molecule has 0 radical (unpaired) electrons. The van der Waals surface area contributed by atoms with E-state index >= 15 is 0 Å². The van der Waals surface area contributed by atoms with Crippen LogP contribution < -0.4 is 10.7 Å². The maximum absolute atomic E-state index is 13.1. The fourth-order valence-electron chi connectivity index (χ4n) is 2.63. The van der Waals surface area contributed by atoms with E-state index in [1.54, 1.807) is 19.1 Å². The molecular formula is C19H22FN3O5S. The van der Waals surface area contributed by atoms with Crippen molar-refractivity contribution in [1.29, 1.82) is 0 Å². The minimum Gasteiger partial charge on any atom is -0.464 e. The molecule has 2 rings (SSSR count). The Bertz CT molecular complexity index is 980.